The molecule has 0 aliphatic carbocycles. The Morgan fingerprint density at radius 1 is 1.47 bits per heavy atom. The molecule has 3 heteroatoms. The number of likely N-dealkylation sites (N-methyl/N-ethyl adjacent to an activating group) is 2. The van der Waals surface area contributed by atoms with Crippen molar-refractivity contribution < 1.29 is 0 Å². The Morgan fingerprint density at radius 2 is 2.27 bits per heavy atom. The van der Waals surface area contributed by atoms with Gasteiger partial charge in [-0.05, 0) is 44.9 Å². The fraction of sp³-hybridized carbons (Fsp3) is 0.667. The monoisotopic (exact) mass is 226 g/mol. The number of nitrogens with zero attached hydrogens (tertiary/aromatic N) is 1. The zero-order valence-electron chi connectivity index (χ0n) is 9.99. The van der Waals surface area contributed by atoms with Crippen LogP contribution < -0.4 is 5.32 Å². The van der Waals surface area contributed by atoms with Crippen molar-refractivity contribution in [2.24, 2.45) is 0 Å². The van der Waals surface area contributed by atoms with Gasteiger partial charge in [-0.1, -0.05) is 13.0 Å². The van der Waals surface area contributed by atoms with Gasteiger partial charge in [-0.3, -0.25) is 0 Å². The summed E-state index contributed by atoms with van der Waals surface area (Å²) in [5, 5.41) is 5.70. The van der Waals surface area contributed by atoms with Crippen LogP contribution in [0.5, 0.6) is 0 Å². The van der Waals surface area contributed by atoms with Crippen molar-refractivity contribution in [2.75, 3.05) is 27.2 Å². The first-order valence-corrected chi connectivity index (χ1v) is 6.50. The Hall–Kier alpha value is -0.380. The highest BCUT2D eigenvalue weighted by Crippen LogP contribution is 2.12. The van der Waals surface area contributed by atoms with Gasteiger partial charge in [-0.15, -0.1) is 11.3 Å². The van der Waals surface area contributed by atoms with Gasteiger partial charge in [0.1, 0.15) is 0 Å². The fourth-order valence-corrected chi connectivity index (χ4v) is 2.48. The molecule has 0 bridgehead atoms. The first-order chi connectivity index (χ1) is 7.22. The lowest BCUT2D eigenvalue weighted by Gasteiger charge is -2.21. The molecule has 15 heavy (non-hydrogen) atoms. The molecule has 1 heterocycles. The highest BCUT2D eigenvalue weighted by Gasteiger charge is 2.08. The van der Waals surface area contributed by atoms with Gasteiger partial charge in [0.2, 0.25) is 0 Å². The molecule has 0 saturated heterocycles. The number of thiophene rings is 1. The molecular formula is C12H22N2S. The lowest BCUT2D eigenvalue weighted by molar-refractivity contribution is 0.330. The maximum absolute atomic E-state index is 3.54. The standard InChI is InChI=1S/C12H22N2S/c1-4-13-11(10-14(2)3)7-8-12-6-5-9-15-12/h5-6,9,11,13H,4,7-8,10H2,1-3H3. The average Bonchev–Trinajstić information content (AvgIpc) is 2.66. The normalized spacial score (nSPS) is 13.3. The zero-order chi connectivity index (χ0) is 11.1. The second-order valence-electron chi connectivity index (χ2n) is 4.13. The van der Waals surface area contributed by atoms with Crippen LogP contribution in [0.15, 0.2) is 17.5 Å². The van der Waals surface area contributed by atoms with Gasteiger partial charge in [0.15, 0.2) is 0 Å². The van der Waals surface area contributed by atoms with E-state index in [1.807, 2.05) is 11.3 Å². The van der Waals surface area contributed by atoms with Crippen LogP contribution in [-0.2, 0) is 6.42 Å². The van der Waals surface area contributed by atoms with Crippen molar-refractivity contribution in [3.63, 3.8) is 0 Å². The van der Waals surface area contributed by atoms with E-state index in [9.17, 15) is 0 Å². The van der Waals surface area contributed by atoms with Crippen LogP contribution in [0, 0.1) is 0 Å². The van der Waals surface area contributed by atoms with Gasteiger partial charge in [-0.2, -0.15) is 0 Å². The first kappa shape index (κ1) is 12.7. The van der Waals surface area contributed by atoms with E-state index in [0.717, 1.165) is 13.1 Å². The van der Waals surface area contributed by atoms with Gasteiger partial charge in [0.05, 0.1) is 0 Å². The smallest absolute Gasteiger partial charge is 0.0198 e. The minimum atomic E-state index is 0.618. The molecule has 1 unspecified atom stereocenters. The van der Waals surface area contributed by atoms with Crippen LogP contribution in [0.1, 0.15) is 18.2 Å². The van der Waals surface area contributed by atoms with E-state index in [1.54, 1.807) is 0 Å². The van der Waals surface area contributed by atoms with E-state index in [-0.39, 0.29) is 0 Å². The molecule has 1 atom stereocenters. The topological polar surface area (TPSA) is 15.3 Å². The number of nitrogens with one attached hydrogen (secondary N) is 1. The number of rotatable bonds is 7. The maximum atomic E-state index is 3.54. The maximum Gasteiger partial charge on any atom is 0.0198 e. The van der Waals surface area contributed by atoms with Crippen LogP contribution in [0.3, 0.4) is 0 Å². The van der Waals surface area contributed by atoms with Crippen LogP contribution >= 0.6 is 11.3 Å². The van der Waals surface area contributed by atoms with E-state index in [2.05, 4.69) is 48.7 Å². The molecule has 1 rings (SSSR count). The highest BCUT2D eigenvalue weighted by molar-refractivity contribution is 7.09. The first-order valence-electron chi connectivity index (χ1n) is 5.63. The summed E-state index contributed by atoms with van der Waals surface area (Å²) in [5.74, 6) is 0. The van der Waals surface area contributed by atoms with Crippen LogP contribution in [0.4, 0.5) is 0 Å². The van der Waals surface area contributed by atoms with Crippen molar-refractivity contribution in [2.45, 2.75) is 25.8 Å². The van der Waals surface area contributed by atoms with Gasteiger partial charge in [0.25, 0.3) is 0 Å². The average molecular weight is 226 g/mol. The number of hydrogen-bond donors (Lipinski definition) is 1. The number of aryl methyl sites for hydroxylation is 1. The van der Waals surface area contributed by atoms with Crippen molar-refractivity contribution >= 4 is 11.3 Å². The summed E-state index contributed by atoms with van der Waals surface area (Å²) >= 11 is 1.86. The quantitative estimate of drug-likeness (QED) is 0.767. The molecule has 0 spiro atoms. The minimum absolute atomic E-state index is 0.618. The van der Waals surface area contributed by atoms with Crippen LogP contribution in [-0.4, -0.2) is 38.1 Å². The summed E-state index contributed by atoms with van der Waals surface area (Å²) < 4.78 is 0. The molecule has 0 aliphatic rings. The molecule has 0 aliphatic heterocycles. The molecule has 0 fully saturated rings. The van der Waals surface area contributed by atoms with E-state index in [4.69, 9.17) is 0 Å². The van der Waals surface area contributed by atoms with Gasteiger partial charge < -0.3 is 10.2 Å². The predicted molar refractivity (Wildman–Crippen MR) is 68.7 cm³/mol. The third-order valence-corrected chi connectivity index (χ3v) is 3.33. The van der Waals surface area contributed by atoms with Crippen molar-refractivity contribution in [1.82, 2.24) is 10.2 Å². The molecule has 1 aromatic heterocycles. The molecule has 0 saturated carbocycles. The summed E-state index contributed by atoms with van der Waals surface area (Å²) in [6.45, 7) is 4.36. The highest BCUT2D eigenvalue weighted by atomic mass is 32.1. The second kappa shape index (κ2) is 6.99. The van der Waals surface area contributed by atoms with Crippen LogP contribution in [0.25, 0.3) is 0 Å². The third-order valence-electron chi connectivity index (χ3n) is 2.40. The van der Waals surface area contributed by atoms with Crippen molar-refractivity contribution in [1.29, 1.82) is 0 Å². The Kier molecular flexibility index (Phi) is 5.91. The van der Waals surface area contributed by atoms with E-state index >= 15 is 0 Å². The second-order valence-corrected chi connectivity index (χ2v) is 5.17. The Morgan fingerprint density at radius 3 is 2.80 bits per heavy atom. The third kappa shape index (κ3) is 5.30. The summed E-state index contributed by atoms with van der Waals surface area (Å²) in [4.78, 5) is 3.75. The van der Waals surface area contributed by atoms with Gasteiger partial charge in [0, 0.05) is 17.5 Å². The molecule has 0 radical (unpaired) electrons. The minimum Gasteiger partial charge on any atom is -0.313 e. The summed E-state index contributed by atoms with van der Waals surface area (Å²) in [6, 6.07) is 4.98. The Bertz CT molecular complexity index is 244. The summed E-state index contributed by atoms with van der Waals surface area (Å²) in [7, 11) is 4.27. The Labute approximate surface area is 97.3 Å². The van der Waals surface area contributed by atoms with E-state index < -0.39 is 0 Å². The molecule has 1 aromatic rings. The van der Waals surface area contributed by atoms with Crippen molar-refractivity contribution in [3.8, 4) is 0 Å². The van der Waals surface area contributed by atoms with Gasteiger partial charge in [-0.25, -0.2) is 0 Å². The lowest BCUT2D eigenvalue weighted by Crippen LogP contribution is -2.38. The van der Waals surface area contributed by atoms with Crippen molar-refractivity contribution in [3.05, 3.63) is 22.4 Å². The summed E-state index contributed by atoms with van der Waals surface area (Å²) in [5.41, 5.74) is 0. The van der Waals surface area contributed by atoms with Gasteiger partial charge >= 0.3 is 0 Å². The van der Waals surface area contributed by atoms with E-state index in [0.29, 0.717) is 6.04 Å². The molecule has 1 N–H and O–H groups in total. The molecule has 0 amide bonds. The largest absolute Gasteiger partial charge is 0.313 e. The molecular weight excluding hydrogens is 204 g/mol. The molecule has 0 aromatic carbocycles. The zero-order valence-corrected chi connectivity index (χ0v) is 10.8. The molecule has 2 nitrogen and oxygen atoms in total. The van der Waals surface area contributed by atoms with Crippen LogP contribution in [0.2, 0.25) is 0 Å². The Balaban J connectivity index is 2.30. The summed E-state index contributed by atoms with van der Waals surface area (Å²) in [6.07, 6.45) is 2.43. The molecule has 86 valence electrons. The number of hydrogen-bond acceptors (Lipinski definition) is 3. The fourth-order valence-electron chi connectivity index (χ4n) is 1.76. The predicted octanol–water partition coefficient (Wildman–Crippen LogP) is 2.22. The SMILES string of the molecule is CCNC(CCc1cccs1)CN(C)C. The van der Waals surface area contributed by atoms with E-state index in [1.165, 1.54) is 17.7 Å². The lowest BCUT2D eigenvalue weighted by atomic mass is 10.1.